The van der Waals surface area contributed by atoms with E-state index >= 15 is 0 Å². The second kappa shape index (κ2) is 7.31. The Kier molecular flexibility index (Phi) is 5.67. The lowest BCUT2D eigenvalue weighted by atomic mass is 9.93. The summed E-state index contributed by atoms with van der Waals surface area (Å²) >= 11 is 12.0. The molecule has 1 fully saturated rings. The quantitative estimate of drug-likeness (QED) is 0.721. The molecule has 7 heteroatoms. The molecule has 1 aliphatic rings. The summed E-state index contributed by atoms with van der Waals surface area (Å²) < 4.78 is 0. The van der Waals surface area contributed by atoms with E-state index in [-0.39, 0.29) is 12.1 Å². The molecule has 0 aromatic heterocycles. The molecule has 0 bridgehead atoms. The Balaban J connectivity index is 1.93. The molecule has 0 saturated heterocycles. The van der Waals surface area contributed by atoms with Crippen LogP contribution in [0.4, 0.5) is 5.69 Å². The molecule has 2 rings (SSSR count). The number of hydrogen-bond donors (Lipinski definition) is 3. The standard InChI is InChI=1S/C15H18Cl2N2O3/c1-8-12(16)6-10(7-13(8)17)19-15(22)14(21)18-9-2-4-11(20)5-3-9/h6-7,9,11,20H,2-5H2,1H3,(H,18,21)(H,19,22). The van der Waals surface area contributed by atoms with Crippen molar-refractivity contribution in [2.45, 2.75) is 44.8 Å². The normalized spacial score (nSPS) is 21.3. The fourth-order valence-corrected chi connectivity index (χ4v) is 2.86. The van der Waals surface area contributed by atoms with Gasteiger partial charge in [0.2, 0.25) is 0 Å². The van der Waals surface area contributed by atoms with Crippen molar-refractivity contribution in [1.29, 1.82) is 0 Å². The number of halogens is 2. The number of rotatable bonds is 2. The van der Waals surface area contributed by atoms with E-state index in [4.69, 9.17) is 23.2 Å². The Labute approximate surface area is 139 Å². The van der Waals surface area contributed by atoms with Crippen molar-refractivity contribution in [3.63, 3.8) is 0 Å². The van der Waals surface area contributed by atoms with Crippen LogP contribution in [-0.4, -0.2) is 29.1 Å². The highest BCUT2D eigenvalue weighted by molar-refractivity contribution is 6.40. The minimum Gasteiger partial charge on any atom is -0.393 e. The van der Waals surface area contributed by atoms with E-state index in [2.05, 4.69) is 10.6 Å². The average Bonchev–Trinajstić information content (AvgIpc) is 2.47. The lowest BCUT2D eigenvalue weighted by Gasteiger charge is -2.25. The topological polar surface area (TPSA) is 78.4 Å². The monoisotopic (exact) mass is 344 g/mol. The number of carbonyl (C=O) groups is 2. The summed E-state index contributed by atoms with van der Waals surface area (Å²) in [5, 5.41) is 15.4. The molecule has 1 saturated carbocycles. The number of benzene rings is 1. The third kappa shape index (κ3) is 4.35. The Bertz CT molecular complexity index is 561. The molecule has 0 atom stereocenters. The van der Waals surface area contributed by atoms with Crippen molar-refractivity contribution in [1.82, 2.24) is 5.32 Å². The zero-order valence-corrected chi connectivity index (χ0v) is 13.7. The van der Waals surface area contributed by atoms with Crippen molar-refractivity contribution in [3.05, 3.63) is 27.7 Å². The van der Waals surface area contributed by atoms with Crippen molar-refractivity contribution in [2.75, 3.05) is 5.32 Å². The van der Waals surface area contributed by atoms with Crippen LogP contribution in [0.3, 0.4) is 0 Å². The van der Waals surface area contributed by atoms with Crippen LogP contribution in [0.15, 0.2) is 12.1 Å². The first-order valence-electron chi connectivity index (χ1n) is 7.12. The summed E-state index contributed by atoms with van der Waals surface area (Å²) in [5.74, 6) is -1.46. The molecule has 0 unspecified atom stereocenters. The molecular formula is C15H18Cl2N2O3. The molecule has 5 nitrogen and oxygen atoms in total. The molecular weight excluding hydrogens is 327 g/mol. The van der Waals surface area contributed by atoms with Gasteiger partial charge in [-0.15, -0.1) is 0 Å². The molecule has 1 aliphatic carbocycles. The minimum absolute atomic E-state index is 0.0770. The van der Waals surface area contributed by atoms with Gasteiger partial charge in [0.05, 0.1) is 6.10 Å². The fourth-order valence-electron chi connectivity index (χ4n) is 2.38. The molecule has 0 aliphatic heterocycles. The minimum atomic E-state index is -0.762. The van der Waals surface area contributed by atoms with Gasteiger partial charge in [-0.2, -0.15) is 0 Å². The first kappa shape index (κ1) is 17.1. The lowest BCUT2D eigenvalue weighted by Crippen LogP contribution is -2.43. The molecule has 120 valence electrons. The molecule has 22 heavy (non-hydrogen) atoms. The fraction of sp³-hybridized carbons (Fsp3) is 0.467. The van der Waals surface area contributed by atoms with Crippen LogP contribution in [-0.2, 0) is 9.59 Å². The number of hydrogen-bond acceptors (Lipinski definition) is 3. The average molecular weight is 345 g/mol. The smallest absolute Gasteiger partial charge is 0.313 e. The third-order valence-electron chi connectivity index (χ3n) is 3.78. The molecule has 1 aromatic rings. The molecule has 3 N–H and O–H groups in total. The van der Waals surface area contributed by atoms with Crippen LogP contribution in [0.5, 0.6) is 0 Å². The highest BCUT2D eigenvalue weighted by atomic mass is 35.5. The second-order valence-corrected chi connectivity index (χ2v) is 6.31. The third-order valence-corrected chi connectivity index (χ3v) is 4.56. The summed E-state index contributed by atoms with van der Waals surface area (Å²) in [7, 11) is 0. The van der Waals surface area contributed by atoms with E-state index in [9.17, 15) is 14.7 Å². The predicted octanol–water partition coefficient (Wildman–Crippen LogP) is 2.66. The van der Waals surface area contributed by atoms with Crippen LogP contribution in [0, 0.1) is 6.92 Å². The van der Waals surface area contributed by atoms with Gasteiger partial charge in [-0.3, -0.25) is 9.59 Å². The van der Waals surface area contributed by atoms with Crippen LogP contribution < -0.4 is 10.6 Å². The summed E-state index contributed by atoms with van der Waals surface area (Å²) in [6.45, 7) is 1.76. The maximum Gasteiger partial charge on any atom is 0.313 e. The van der Waals surface area contributed by atoms with Crippen molar-refractivity contribution in [3.8, 4) is 0 Å². The van der Waals surface area contributed by atoms with Gasteiger partial charge in [0.1, 0.15) is 0 Å². The second-order valence-electron chi connectivity index (χ2n) is 5.50. The molecule has 2 amide bonds. The molecule has 0 heterocycles. The largest absolute Gasteiger partial charge is 0.393 e. The highest BCUT2D eigenvalue weighted by Crippen LogP contribution is 2.28. The molecule has 0 radical (unpaired) electrons. The van der Waals surface area contributed by atoms with Gasteiger partial charge in [-0.1, -0.05) is 23.2 Å². The molecule has 1 aromatic carbocycles. The van der Waals surface area contributed by atoms with Gasteiger partial charge < -0.3 is 15.7 Å². The first-order chi connectivity index (χ1) is 10.4. The predicted molar refractivity (Wildman–Crippen MR) is 86.2 cm³/mol. The summed E-state index contributed by atoms with van der Waals surface area (Å²) in [5.41, 5.74) is 1.09. The SMILES string of the molecule is Cc1c(Cl)cc(NC(=O)C(=O)NC2CCC(O)CC2)cc1Cl. The maximum absolute atomic E-state index is 11.9. The van der Waals surface area contributed by atoms with Gasteiger partial charge in [0.15, 0.2) is 0 Å². The zero-order valence-electron chi connectivity index (χ0n) is 12.2. The summed E-state index contributed by atoms with van der Waals surface area (Å²) in [6.07, 6.45) is 2.30. The first-order valence-corrected chi connectivity index (χ1v) is 7.88. The maximum atomic E-state index is 11.9. The van der Waals surface area contributed by atoms with E-state index in [0.29, 0.717) is 47.0 Å². The Morgan fingerprint density at radius 2 is 1.64 bits per heavy atom. The number of aliphatic hydroxyl groups is 1. The van der Waals surface area contributed by atoms with Gasteiger partial charge in [-0.05, 0) is 50.3 Å². The number of amides is 2. The van der Waals surface area contributed by atoms with E-state index in [1.54, 1.807) is 19.1 Å². The highest BCUT2D eigenvalue weighted by Gasteiger charge is 2.23. The van der Waals surface area contributed by atoms with E-state index < -0.39 is 11.8 Å². The van der Waals surface area contributed by atoms with Crippen LogP contribution in [0.2, 0.25) is 10.0 Å². The number of carbonyl (C=O) groups excluding carboxylic acids is 2. The Morgan fingerprint density at radius 1 is 1.09 bits per heavy atom. The Morgan fingerprint density at radius 3 is 2.18 bits per heavy atom. The number of aliphatic hydroxyl groups excluding tert-OH is 1. The van der Waals surface area contributed by atoms with Crippen LogP contribution >= 0.6 is 23.2 Å². The number of nitrogens with one attached hydrogen (secondary N) is 2. The zero-order chi connectivity index (χ0) is 16.3. The van der Waals surface area contributed by atoms with Crippen LogP contribution in [0.1, 0.15) is 31.2 Å². The van der Waals surface area contributed by atoms with Gasteiger partial charge in [0.25, 0.3) is 0 Å². The molecule has 0 spiro atoms. The Hall–Kier alpha value is -1.30. The lowest BCUT2D eigenvalue weighted by molar-refractivity contribution is -0.136. The van der Waals surface area contributed by atoms with Gasteiger partial charge >= 0.3 is 11.8 Å². The van der Waals surface area contributed by atoms with Crippen molar-refractivity contribution >= 4 is 40.7 Å². The van der Waals surface area contributed by atoms with E-state index in [1.165, 1.54) is 0 Å². The summed E-state index contributed by atoms with van der Waals surface area (Å²) in [6, 6.07) is 3.02. The summed E-state index contributed by atoms with van der Waals surface area (Å²) in [4.78, 5) is 23.8. The number of anilines is 1. The van der Waals surface area contributed by atoms with Gasteiger partial charge in [-0.25, -0.2) is 0 Å². The van der Waals surface area contributed by atoms with Crippen molar-refractivity contribution in [2.24, 2.45) is 0 Å². The van der Waals surface area contributed by atoms with Gasteiger partial charge in [0, 0.05) is 21.8 Å². The van der Waals surface area contributed by atoms with Crippen molar-refractivity contribution < 1.29 is 14.7 Å². The van der Waals surface area contributed by atoms with E-state index in [0.717, 1.165) is 0 Å². The van der Waals surface area contributed by atoms with E-state index in [1.807, 2.05) is 0 Å². The van der Waals surface area contributed by atoms with Crippen LogP contribution in [0.25, 0.3) is 0 Å².